The molecule has 25 heavy (non-hydrogen) atoms. The lowest BCUT2D eigenvalue weighted by atomic mass is 10.0. The zero-order chi connectivity index (χ0) is 17.6. The molecule has 2 N–H and O–H groups in total. The molecule has 128 valence electrons. The zero-order valence-corrected chi connectivity index (χ0v) is 15.5. The largest absolute Gasteiger partial charge is 0.354 e. The van der Waals surface area contributed by atoms with Gasteiger partial charge in [0, 0.05) is 51.5 Å². The fraction of sp³-hybridized carbons (Fsp3) is 0.238. The first-order valence-electron chi connectivity index (χ1n) is 8.67. The van der Waals surface area contributed by atoms with Crippen molar-refractivity contribution in [2.75, 3.05) is 6.54 Å². The highest BCUT2D eigenvalue weighted by molar-refractivity contribution is 6.32. The van der Waals surface area contributed by atoms with Crippen molar-refractivity contribution >= 4 is 33.4 Å². The highest BCUT2D eigenvalue weighted by atomic mass is 35.5. The average Bonchev–Trinajstić information content (AvgIpc) is 3.21. The summed E-state index contributed by atoms with van der Waals surface area (Å²) in [7, 11) is 0. The van der Waals surface area contributed by atoms with Gasteiger partial charge in [0.25, 0.3) is 0 Å². The molecule has 0 spiro atoms. The van der Waals surface area contributed by atoms with Crippen LogP contribution in [0.15, 0.2) is 42.7 Å². The third-order valence-electron chi connectivity index (χ3n) is 4.88. The van der Waals surface area contributed by atoms with E-state index in [2.05, 4.69) is 72.3 Å². The summed E-state index contributed by atoms with van der Waals surface area (Å²) in [6.45, 7) is 8.35. The van der Waals surface area contributed by atoms with Crippen LogP contribution in [0.4, 0.5) is 0 Å². The molecule has 0 fully saturated rings. The Morgan fingerprint density at radius 1 is 1.16 bits per heavy atom. The van der Waals surface area contributed by atoms with Crippen LogP contribution in [0.25, 0.3) is 27.5 Å². The lowest BCUT2D eigenvalue weighted by Gasteiger charge is -2.11. The number of halogens is 1. The Morgan fingerprint density at radius 2 is 2.00 bits per heavy atom. The molecule has 0 saturated heterocycles. The van der Waals surface area contributed by atoms with E-state index in [0.29, 0.717) is 0 Å². The number of aromatic amines is 1. The van der Waals surface area contributed by atoms with Gasteiger partial charge in [0.1, 0.15) is 0 Å². The molecule has 0 aliphatic heterocycles. The number of fused-ring (bicyclic) bond motifs is 3. The second-order valence-corrected chi connectivity index (χ2v) is 7.05. The minimum Gasteiger partial charge on any atom is -0.354 e. The Hall–Kier alpha value is -2.23. The Labute approximate surface area is 152 Å². The van der Waals surface area contributed by atoms with Crippen LogP contribution in [0.1, 0.15) is 23.6 Å². The van der Waals surface area contributed by atoms with Crippen molar-refractivity contribution in [2.24, 2.45) is 0 Å². The van der Waals surface area contributed by atoms with Gasteiger partial charge in [-0.15, -0.1) is 0 Å². The fourth-order valence-electron chi connectivity index (χ4n) is 3.60. The van der Waals surface area contributed by atoms with Gasteiger partial charge >= 0.3 is 0 Å². The van der Waals surface area contributed by atoms with Crippen LogP contribution in [-0.2, 0) is 6.54 Å². The van der Waals surface area contributed by atoms with E-state index in [-0.39, 0.29) is 0 Å². The van der Waals surface area contributed by atoms with Crippen LogP contribution in [0.3, 0.4) is 0 Å². The van der Waals surface area contributed by atoms with Crippen LogP contribution < -0.4 is 5.32 Å². The third-order valence-corrected chi connectivity index (χ3v) is 5.11. The Kier molecular flexibility index (Phi) is 4.06. The third kappa shape index (κ3) is 2.74. The number of hydrogen-bond donors (Lipinski definition) is 2. The summed E-state index contributed by atoms with van der Waals surface area (Å²) in [6, 6.07) is 10.5. The summed E-state index contributed by atoms with van der Waals surface area (Å²) in [6.07, 6.45) is 4.35. The molecule has 0 atom stereocenters. The zero-order valence-electron chi connectivity index (χ0n) is 14.8. The second kappa shape index (κ2) is 6.25. The number of nitrogens with one attached hydrogen (secondary N) is 2. The number of nitrogens with zero attached hydrogens (tertiary/aromatic N) is 1. The van der Waals surface area contributed by atoms with Crippen LogP contribution in [-0.4, -0.2) is 16.1 Å². The SMILES string of the molecule is CCNCc1ccn(-c2cc(C)c3[nH]c4ccc(Cl)cc4c3c2C)c1. The van der Waals surface area contributed by atoms with Crippen molar-refractivity contribution in [2.45, 2.75) is 27.3 Å². The van der Waals surface area contributed by atoms with Gasteiger partial charge < -0.3 is 14.9 Å². The predicted octanol–water partition coefficient (Wildman–Crippen LogP) is 5.49. The molecule has 2 aromatic heterocycles. The lowest BCUT2D eigenvalue weighted by molar-refractivity contribution is 0.726. The van der Waals surface area contributed by atoms with Crippen molar-refractivity contribution in [1.29, 1.82) is 0 Å². The van der Waals surface area contributed by atoms with E-state index in [1.807, 2.05) is 6.07 Å². The van der Waals surface area contributed by atoms with Gasteiger partial charge in [0.15, 0.2) is 0 Å². The Morgan fingerprint density at radius 3 is 2.80 bits per heavy atom. The van der Waals surface area contributed by atoms with E-state index in [0.717, 1.165) is 23.6 Å². The monoisotopic (exact) mass is 351 g/mol. The lowest BCUT2D eigenvalue weighted by Crippen LogP contribution is -2.11. The first kappa shape index (κ1) is 16.2. The van der Waals surface area contributed by atoms with Crippen LogP contribution in [0.5, 0.6) is 0 Å². The van der Waals surface area contributed by atoms with Gasteiger partial charge in [-0.1, -0.05) is 18.5 Å². The van der Waals surface area contributed by atoms with Crippen molar-refractivity contribution in [3.8, 4) is 5.69 Å². The molecule has 0 amide bonds. The summed E-state index contributed by atoms with van der Waals surface area (Å²) < 4.78 is 2.22. The van der Waals surface area contributed by atoms with Gasteiger partial charge in [-0.05, 0) is 67.4 Å². The molecule has 2 heterocycles. The number of hydrogen-bond acceptors (Lipinski definition) is 1. The quantitative estimate of drug-likeness (QED) is 0.500. The predicted molar refractivity (Wildman–Crippen MR) is 107 cm³/mol. The Balaban J connectivity index is 1.93. The number of aryl methyl sites for hydroxylation is 2. The van der Waals surface area contributed by atoms with E-state index >= 15 is 0 Å². The smallest absolute Gasteiger partial charge is 0.0498 e. The normalized spacial score (nSPS) is 11.7. The van der Waals surface area contributed by atoms with Gasteiger partial charge in [-0.2, -0.15) is 0 Å². The van der Waals surface area contributed by atoms with Crippen molar-refractivity contribution in [1.82, 2.24) is 14.9 Å². The summed E-state index contributed by atoms with van der Waals surface area (Å²) >= 11 is 6.25. The molecule has 0 unspecified atom stereocenters. The van der Waals surface area contributed by atoms with Crippen LogP contribution in [0, 0.1) is 13.8 Å². The molecule has 2 aromatic carbocycles. The maximum Gasteiger partial charge on any atom is 0.0498 e. The van der Waals surface area contributed by atoms with E-state index in [1.54, 1.807) is 0 Å². The minimum atomic E-state index is 0.768. The first-order valence-corrected chi connectivity index (χ1v) is 9.05. The highest BCUT2D eigenvalue weighted by Gasteiger charge is 2.14. The number of rotatable bonds is 4. The van der Waals surface area contributed by atoms with E-state index < -0.39 is 0 Å². The maximum absolute atomic E-state index is 6.25. The minimum absolute atomic E-state index is 0.768. The summed E-state index contributed by atoms with van der Waals surface area (Å²) in [5, 5.41) is 6.59. The average molecular weight is 352 g/mol. The van der Waals surface area contributed by atoms with Gasteiger partial charge in [0.2, 0.25) is 0 Å². The molecule has 0 aliphatic carbocycles. The van der Waals surface area contributed by atoms with E-state index in [1.165, 1.54) is 38.7 Å². The van der Waals surface area contributed by atoms with E-state index in [4.69, 9.17) is 11.6 Å². The number of benzene rings is 2. The molecular formula is C21H22ClN3. The molecule has 0 aliphatic rings. The molecule has 0 radical (unpaired) electrons. The van der Waals surface area contributed by atoms with Gasteiger partial charge in [-0.25, -0.2) is 0 Å². The van der Waals surface area contributed by atoms with Gasteiger partial charge in [-0.3, -0.25) is 0 Å². The first-order chi connectivity index (χ1) is 12.1. The van der Waals surface area contributed by atoms with E-state index in [9.17, 15) is 0 Å². The molecule has 4 heteroatoms. The van der Waals surface area contributed by atoms with Crippen LogP contribution in [0.2, 0.25) is 5.02 Å². The second-order valence-electron chi connectivity index (χ2n) is 6.61. The fourth-order valence-corrected chi connectivity index (χ4v) is 3.77. The number of H-pyrrole nitrogens is 1. The molecule has 0 bridgehead atoms. The van der Waals surface area contributed by atoms with Crippen molar-refractivity contribution in [3.05, 3.63) is 64.4 Å². The standard InChI is InChI=1S/C21H22ClN3/c1-4-23-11-15-7-8-25(12-15)19-9-13(2)21-20(14(19)3)17-10-16(22)5-6-18(17)24-21/h5-10,12,23-24H,4,11H2,1-3H3. The van der Waals surface area contributed by atoms with Crippen molar-refractivity contribution < 1.29 is 0 Å². The maximum atomic E-state index is 6.25. The summed E-state index contributed by atoms with van der Waals surface area (Å²) in [4.78, 5) is 3.55. The topological polar surface area (TPSA) is 32.8 Å². The molecule has 3 nitrogen and oxygen atoms in total. The Bertz CT molecular complexity index is 1070. The molecule has 0 saturated carbocycles. The molecule has 4 rings (SSSR count). The summed E-state index contributed by atoms with van der Waals surface area (Å²) in [5.74, 6) is 0. The number of aromatic nitrogens is 2. The highest BCUT2D eigenvalue weighted by Crippen LogP contribution is 2.35. The van der Waals surface area contributed by atoms with Crippen molar-refractivity contribution in [3.63, 3.8) is 0 Å². The summed E-state index contributed by atoms with van der Waals surface area (Å²) in [5.41, 5.74) is 7.33. The molecule has 4 aromatic rings. The van der Waals surface area contributed by atoms with Crippen LogP contribution >= 0.6 is 11.6 Å². The van der Waals surface area contributed by atoms with Gasteiger partial charge in [0.05, 0.1) is 0 Å². The molecular weight excluding hydrogens is 330 g/mol.